The van der Waals surface area contributed by atoms with Gasteiger partial charge in [-0.05, 0) is 30.9 Å². The molecule has 2 aliphatic heterocycles. The Kier molecular flexibility index (Phi) is 8.32. The van der Waals surface area contributed by atoms with E-state index in [4.69, 9.17) is 4.74 Å². The second kappa shape index (κ2) is 10.2. The van der Waals surface area contributed by atoms with E-state index in [0.29, 0.717) is 11.9 Å². The van der Waals surface area contributed by atoms with Crippen LogP contribution < -0.4 is 5.32 Å². The zero-order valence-electron chi connectivity index (χ0n) is 13.9. The van der Waals surface area contributed by atoms with Gasteiger partial charge in [-0.1, -0.05) is 6.07 Å². The topological polar surface area (TPSA) is 54.5 Å². The zero-order chi connectivity index (χ0) is 15.9. The number of nitrogens with zero attached hydrogens (tertiary/aromatic N) is 2. The highest BCUT2D eigenvalue weighted by Crippen LogP contribution is 2.23. The first kappa shape index (κ1) is 19.5. The van der Waals surface area contributed by atoms with Gasteiger partial charge in [-0.25, -0.2) is 0 Å². The van der Waals surface area contributed by atoms with Crippen molar-refractivity contribution in [3.8, 4) is 0 Å². The van der Waals surface area contributed by atoms with E-state index in [1.165, 1.54) is 12.8 Å². The number of pyridine rings is 1. The second-order valence-corrected chi connectivity index (χ2v) is 7.13. The van der Waals surface area contributed by atoms with E-state index in [0.717, 1.165) is 44.0 Å². The Hall–Kier alpha value is -0.820. The number of thioether (sulfide) groups is 1. The quantitative estimate of drug-likeness (QED) is 0.860. The third-order valence-corrected chi connectivity index (χ3v) is 5.49. The number of hydrogen-bond donors (Lipinski definition) is 1. The summed E-state index contributed by atoms with van der Waals surface area (Å²) in [7, 11) is 0. The fourth-order valence-electron chi connectivity index (χ4n) is 3.17. The maximum Gasteiger partial charge on any atom is 0.233 e. The summed E-state index contributed by atoms with van der Waals surface area (Å²) >= 11 is 1.71. The van der Waals surface area contributed by atoms with Crippen LogP contribution in [0, 0.1) is 0 Å². The molecule has 0 aromatic carbocycles. The summed E-state index contributed by atoms with van der Waals surface area (Å²) in [5, 5.41) is 3.38. The van der Waals surface area contributed by atoms with Crippen LogP contribution in [0.4, 0.5) is 0 Å². The Balaban J connectivity index is 0.00000208. The van der Waals surface area contributed by atoms with Crippen molar-refractivity contribution < 1.29 is 9.53 Å². The molecule has 2 aliphatic rings. The first-order valence-corrected chi connectivity index (χ1v) is 9.59. The molecule has 3 heterocycles. The monoisotopic (exact) mass is 371 g/mol. The molecule has 5 nitrogen and oxygen atoms in total. The van der Waals surface area contributed by atoms with E-state index in [9.17, 15) is 4.79 Å². The highest BCUT2D eigenvalue weighted by Gasteiger charge is 2.28. The van der Waals surface area contributed by atoms with E-state index in [-0.39, 0.29) is 24.4 Å². The summed E-state index contributed by atoms with van der Waals surface area (Å²) in [6, 6.07) is 4.08. The van der Waals surface area contributed by atoms with E-state index in [1.807, 2.05) is 23.2 Å². The number of halogens is 1. The molecule has 2 unspecified atom stereocenters. The normalized spacial score (nSPS) is 24.2. The third kappa shape index (κ3) is 5.34. The fraction of sp³-hybridized carbons (Fsp3) is 0.647. The molecule has 134 valence electrons. The number of aromatic nitrogens is 1. The average molecular weight is 372 g/mol. The number of carbonyl (C=O) groups excluding carboxylic acids is 1. The fourth-order valence-corrected chi connectivity index (χ4v) is 4.16. The number of nitrogens with one attached hydrogen (secondary N) is 1. The Morgan fingerprint density at radius 3 is 3.12 bits per heavy atom. The van der Waals surface area contributed by atoms with Crippen LogP contribution in [0.1, 0.15) is 30.9 Å². The number of amides is 1. The van der Waals surface area contributed by atoms with Crippen molar-refractivity contribution in [1.29, 1.82) is 0 Å². The van der Waals surface area contributed by atoms with E-state index in [1.54, 1.807) is 18.0 Å². The molecule has 0 bridgehead atoms. The number of hydrogen-bond acceptors (Lipinski definition) is 5. The number of rotatable bonds is 5. The highest BCUT2D eigenvalue weighted by molar-refractivity contribution is 7.99. The van der Waals surface area contributed by atoms with Gasteiger partial charge in [0, 0.05) is 44.4 Å². The van der Waals surface area contributed by atoms with Crippen LogP contribution in [0.25, 0.3) is 0 Å². The van der Waals surface area contributed by atoms with Gasteiger partial charge in [0.15, 0.2) is 0 Å². The van der Waals surface area contributed by atoms with Gasteiger partial charge in [-0.2, -0.15) is 0 Å². The lowest BCUT2D eigenvalue weighted by Gasteiger charge is -2.36. The molecule has 24 heavy (non-hydrogen) atoms. The summed E-state index contributed by atoms with van der Waals surface area (Å²) in [6.07, 6.45) is 7.52. The lowest BCUT2D eigenvalue weighted by molar-refractivity contribution is -0.131. The molecule has 2 saturated heterocycles. The van der Waals surface area contributed by atoms with Gasteiger partial charge in [-0.15, -0.1) is 24.2 Å². The molecule has 1 N–H and O–H groups in total. The lowest BCUT2D eigenvalue weighted by Crippen LogP contribution is -2.49. The molecule has 0 aliphatic carbocycles. The van der Waals surface area contributed by atoms with Crippen molar-refractivity contribution in [2.75, 3.05) is 37.7 Å². The Bertz CT molecular complexity index is 500. The van der Waals surface area contributed by atoms with Crippen LogP contribution in [0.15, 0.2) is 24.5 Å². The molecule has 3 rings (SSSR count). The SMILES string of the molecule is Cl.O=C(CSCC1CCCCO1)N1CCNCC1c1cccnc1. The minimum Gasteiger partial charge on any atom is -0.377 e. The van der Waals surface area contributed by atoms with Crippen LogP contribution in [0.3, 0.4) is 0 Å². The molecule has 2 atom stereocenters. The minimum absolute atomic E-state index is 0. The number of ether oxygens (including phenoxy) is 1. The van der Waals surface area contributed by atoms with Gasteiger partial charge in [0.25, 0.3) is 0 Å². The number of carbonyl (C=O) groups is 1. The summed E-state index contributed by atoms with van der Waals surface area (Å²) in [5.41, 5.74) is 1.11. The van der Waals surface area contributed by atoms with E-state index < -0.39 is 0 Å². The van der Waals surface area contributed by atoms with Gasteiger partial charge in [0.05, 0.1) is 17.9 Å². The summed E-state index contributed by atoms with van der Waals surface area (Å²) in [4.78, 5) is 18.8. The van der Waals surface area contributed by atoms with Crippen LogP contribution >= 0.6 is 24.2 Å². The Labute approximate surface area is 154 Å². The molecule has 0 spiro atoms. The van der Waals surface area contributed by atoms with Gasteiger partial charge >= 0.3 is 0 Å². The second-order valence-electron chi connectivity index (χ2n) is 6.10. The standard InChI is InChI=1S/C17H25N3O2S.ClH/c21-17(13-23-12-15-5-1-2-9-22-15)20-8-7-19-11-16(20)14-4-3-6-18-10-14;/h3-4,6,10,15-16,19H,1-2,5,7-9,11-13H2;1H. The van der Waals surface area contributed by atoms with Crippen molar-refractivity contribution in [1.82, 2.24) is 15.2 Å². The molecule has 7 heteroatoms. The molecule has 1 aromatic rings. The highest BCUT2D eigenvalue weighted by atomic mass is 35.5. The zero-order valence-corrected chi connectivity index (χ0v) is 15.5. The first-order valence-electron chi connectivity index (χ1n) is 8.44. The minimum atomic E-state index is 0. The third-order valence-electron chi connectivity index (χ3n) is 4.44. The smallest absolute Gasteiger partial charge is 0.233 e. The average Bonchev–Trinajstić information content (AvgIpc) is 2.63. The van der Waals surface area contributed by atoms with Crippen LogP contribution in [0.5, 0.6) is 0 Å². The maximum atomic E-state index is 12.6. The Morgan fingerprint density at radius 2 is 2.38 bits per heavy atom. The number of piperazine rings is 1. The predicted molar refractivity (Wildman–Crippen MR) is 99.7 cm³/mol. The van der Waals surface area contributed by atoms with Gasteiger partial charge in [0.2, 0.25) is 5.91 Å². The van der Waals surface area contributed by atoms with Gasteiger partial charge < -0.3 is 15.0 Å². The predicted octanol–water partition coefficient (Wildman–Crippen LogP) is 2.28. The van der Waals surface area contributed by atoms with E-state index in [2.05, 4.69) is 10.3 Å². The molecular formula is C17H26ClN3O2S. The van der Waals surface area contributed by atoms with Crippen molar-refractivity contribution in [3.05, 3.63) is 30.1 Å². The van der Waals surface area contributed by atoms with Crippen molar-refractivity contribution in [2.24, 2.45) is 0 Å². The largest absolute Gasteiger partial charge is 0.377 e. The van der Waals surface area contributed by atoms with Crippen molar-refractivity contribution in [3.63, 3.8) is 0 Å². The lowest BCUT2D eigenvalue weighted by atomic mass is 10.1. The molecule has 2 fully saturated rings. The summed E-state index contributed by atoms with van der Waals surface area (Å²) in [5.74, 6) is 1.69. The summed E-state index contributed by atoms with van der Waals surface area (Å²) < 4.78 is 5.73. The van der Waals surface area contributed by atoms with Crippen molar-refractivity contribution in [2.45, 2.75) is 31.4 Å². The van der Waals surface area contributed by atoms with Crippen LogP contribution in [-0.4, -0.2) is 59.6 Å². The van der Waals surface area contributed by atoms with Crippen LogP contribution in [-0.2, 0) is 9.53 Å². The van der Waals surface area contributed by atoms with Crippen LogP contribution in [0.2, 0.25) is 0 Å². The molecule has 0 saturated carbocycles. The molecular weight excluding hydrogens is 346 g/mol. The van der Waals surface area contributed by atoms with Gasteiger partial charge in [0.1, 0.15) is 0 Å². The molecule has 1 amide bonds. The summed E-state index contributed by atoms with van der Waals surface area (Å²) in [6.45, 7) is 3.30. The van der Waals surface area contributed by atoms with Gasteiger partial charge in [-0.3, -0.25) is 9.78 Å². The molecule has 0 radical (unpaired) electrons. The van der Waals surface area contributed by atoms with Crippen molar-refractivity contribution >= 4 is 30.1 Å². The van der Waals surface area contributed by atoms with E-state index >= 15 is 0 Å². The maximum absolute atomic E-state index is 12.6. The molecule has 1 aromatic heterocycles. The Morgan fingerprint density at radius 1 is 1.46 bits per heavy atom. The first-order chi connectivity index (χ1) is 11.3.